The van der Waals surface area contributed by atoms with Crippen molar-refractivity contribution in [2.24, 2.45) is 10.9 Å². The number of rotatable bonds is 8. The number of aliphatic imine (C=N–C) groups is 1. The van der Waals surface area contributed by atoms with E-state index in [9.17, 15) is 0 Å². The van der Waals surface area contributed by atoms with E-state index < -0.39 is 0 Å². The lowest BCUT2D eigenvalue weighted by Crippen LogP contribution is -2.37. The van der Waals surface area contributed by atoms with E-state index in [1.807, 2.05) is 0 Å². The monoisotopic (exact) mass is 474 g/mol. The average molecular weight is 474 g/mol. The van der Waals surface area contributed by atoms with Crippen molar-refractivity contribution in [1.29, 1.82) is 0 Å². The first-order valence-corrected chi connectivity index (χ1v) is 9.45. The van der Waals surface area contributed by atoms with Crippen molar-refractivity contribution in [3.63, 3.8) is 0 Å². The SMILES string of the molecule is CN=C(NCCCOC)NCc1cccc(CN2CCC(C)CC2)c1.I. The van der Waals surface area contributed by atoms with Gasteiger partial charge in [0.15, 0.2) is 5.96 Å². The zero-order chi connectivity index (χ0) is 17.9. The van der Waals surface area contributed by atoms with Crippen LogP contribution in [0.1, 0.15) is 37.3 Å². The van der Waals surface area contributed by atoms with Gasteiger partial charge in [-0.1, -0.05) is 31.2 Å². The Morgan fingerprint density at radius 1 is 1.23 bits per heavy atom. The third-order valence-electron chi connectivity index (χ3n) is 4.78. The van der Waals surface area contributed by atoms with E-state index >= 15 is 0 Å². The molecular formula is C20H35IN4O. The van der Waals surface area contributed by atoms with Crippen molar-refractivity contribution < 1.29 is 4.74 Å². The summed E-state index contributed by atoms with van der Waals surface area (Å²) in [6.45, 7) is 8.28. The van der Waals surface area contributed by atoms with Crippen molar-refractivity contribution in [3.8, 4) is 0 Å². The normalized spacial score (nSPS) is 16.2. The van der Waals surface area contributed by atoms with Gasteiger partial charge in [0.05, 0.1) is 0 Å². The maximum absolute atomic E-state index is 5.06. The van der Waals surface area contributed by atoms with Crippen LogP contribution in [0.15, 0.2) is 29.3 Å². The van der Waals surface area contributed by atoms with E-state index in [-0.39, 0.29) is 24.0 Å². The summed E-state index contributed by atoms with van der Waals surface area (Å²) in [4.78, 5) is 6.84. The molecule has 1 aromatic carbocycles. The Bertz CT molecular complexity index is 530. The van der Waals surface area contributed by atoms with E-state index in [2.05, 4.69) is 51.7 Å². The molecule has 1 fully saturated rings. The van der Waals surface area contributed by atoms with Gasteiger partial charge >= 0.3 is 0 Å². The Kier molecular flexibility index (Phi) is 11.9. The Morgan fingerprint density at radius 3 is 2.65 bits per heavy atom. The van der Waals surface area contributed by atoms with E-state index in [0.717, 1.165) is 44.5 Å². The van der Waals surface area contributed by atoms with Gasteiger partial charge in [0.1, 0.15) is 0 Å². The fourth-order valence-electron chi connectivity index (χ4n) is 3.15. The molecule has 5 nitrogen and oxygen atoms in total. The van der Waals surface area contributed by atoms with Gasteiger partial charge in [0, 0.05) is 40.4 Å². The van der Waals surface area contributed by atoms with Gasteiger partial charge in [-0.15, -0.1) is 24.0 Å². The van der Waals surface area contributed by atoms with Gasteiger partial charge in [0.2, 0.25) is 0 Å². The molecule has 0 aliphatic carbocycles. The highest BCUT2D eigenvalue weighted by Gasteiger charge is 2.15. The van der Waals surface area contributed by atoms with E-state index in [4.69, 9.17) is 4.74 Å². The van der Waals surface area contributed by atoms with Crippen molar-refractivity contribution in [2.45, 2.75) is 39.3 Å². The fraction of sp³-hybridized carbons (Fsp3) is 0.650. The van der Waals surface area contributed by atoms with E-state index in [1.165, 1.54) is 37.1 Å². The predicted molar refractivity (Wildman–Crippen MR) is 120 cm³/mol. The summed E-state index contributed by atoms with van der Waals surface area (Å²) in [6, 6.07) is 8.88. The second-order valence-corrected chi connectivity index (χ2v) is 6.98. The highest BCUT2D eigenvalue weighted by molar-refractivity contribution is 14.0. The summed E-state index contributed by atoms with van der Waals surface area (Å²) in [5.41, 5.74) is 2.69. The Morgan fingerprint density at radius 2 is 1.96 bits per heavy atom. The van der Waals surface area contributed by atoms with Crippen LogP contribution in [0.4, 0.5) is 0 Å². The molecule has 1 saturated heterocycles. The van der Waals surface area contributed by atoms with Crippen LogP contribution in [-0.4, -0.2) is 51.3 Å². The summed E-state index contributed by atoms with van der Waals surface area (Å²) < 4.78 is 5.06. The van der Waals surface area contributed by atoms with Crippen molar-refractivity contribution >= 4 is 29.9 Å². The summed E-state index contributed by atoms with van der Waals surface area (Å²) >= 11 is 0. The average Bonchev–Trinajstić information content (AvgIpc) is 2.63. The van der Waals surface area contributed by atoms with Crippen LogP contribution >= 0.6 is 24.0 Å². The number of piperidine rings is 1. The van der Waals surface area contributed by atoms with Crippen LogP contribution in [-0.2, 0) is 17.8 Å². The molecule has 0 aromatic heterocycles. The molecule has 1 aliphatic rings. The maximum Gasteiger partial charge on any atom is 0.191 e. The topological polar surface area (TPSA) is 48.9 Å². The van der Waals surface area contributed by atoms with Crippen LogP contribution in [0.2, 0.25) is 0 Å². The number of guanidine groups is 1. The third kappa shape index (κ3) is 8.68. The number of benzene rings is 1. The lowest BCUT2D eigenvalue weighted by Gasteiger charge is -2.30. The number of methoxy groups -OCH3 is 1. The van der Waals surface area contributed by atoms with E-state index in [0.29, 0.717) is 0 Å². The van der Waals surface area contributed by atoms with E-state index in [1.54, 1.807) is 14.2 Å². The number of likely N-dealkylation sites (tertiary alicyclic amines) is 1. The Hall–Kier alpha value is -0.860. The predicted octanol–water partition coefficient (Wildman–Crippen LogP) is 3.24. The van der Waals surface area contributed by atoms with Gasteiger partial charge < -0.3 is 15.4 Å². The van der Waals surface area contributed by atoms with Crippen LogP contribution in [0.5, 0.6) is 0 Å². The molecule has 1 aliphatic heterocycles. The van der Waals surface area contributed by atoms with Gasteiger partial charge in [-0.25, -0.2) is 0 Å². The van der Waals surface area contributed by atoms with Crippen molar-refractivity contribution in [1.82, 2.24) is 15.5 Å². The second-order valence-electron chi connectivity index (χ2n) is 6.98. The molecule has 2 N–H and O–H groups in total. The molecule has 1 heterocycles. The van der Waals surface area contributed by atoms with Crippen molar-refractivity contribution in [2.75, 3.05) is 40.4 Å². The lowest BCUT2D eigenvalue weighted by atomic mass is 9.98. The molecule has 0 radical (unpaired) electrons. The van der Waals surface area contributed by atoms with Gasteiger partial charge in [0.25, 0.3) is 0 Å². The quantitative estimate of drug-likeness (QED) is 0.263. The summed E-state index contributed by atoms with van der Waals surface area (Å²) in [5.74, 6) is 1.72. The number of hydrogen-bond donors (Lipinski definition) is 2. The molecule has 0 amide bonds. The van der Waals surface area contributed by atoms with Crippen LogP contribution in [0.25, 0.3) is 0 Å². The minimum absolute atomic E-state index is 0. The first-order valence-electron chi connectivity index (χ1n) is 9.45. The van der Waals surface area contributed by atoms with Crippen molar-refractivity contribution in [3.05, 3.63) is 35.4 Å². The number of hydrogen-bond acceptors (Lipinski definition) is 3. The minimum Gasteiger partial charge on any atom is -0.385 e. The molecule has 6 heteroatoms. The molecular weight excluding hydrogens is 439 g/mol. The first kappa shape index (κ1) is 23.2. The molecule has 0 unspecified atom stereocenters. The summed E-state index contributed by atoms with van der Waals surface area (Å²) in [6.07, 6.45) is 3.62. The van der Waals surface area contributed by atoms with Gasteiger partial charge in [-0.05, 0) is 49.4 Å². The minimum atomic E-state index is 0. The zero-order valence-corrected chi connectivity index (χ0v) is 18.8. The number of nitrogens with zero attached hydrogens (tertiary/aromatic N) is 2. The molecule has 1 aromatic rings. The molecule has 148 valence electrons. The zero-order valence-electron chi connectivity index (χ0n) is 16.5. The maximum atomic E-state index is 5.06. The van der Waals surface area contributed by atoms with Crippen LogP contribution in [0.3, 0.4) is 0 Å². The summed E-state index contributed by atoms with van der Waals surface area (Å²) in [7, 11) is 3.53. The molecule has 0 atom stereocenters. The molecule has 26 heavy (non-hydrogen) atoms. The van der Waals surface area contributed by atoms with Gasteiger partial charge in [-0.2, -0.15) is 0 Å². The van der Waals surface area contributed by atoms with Gasteiger partial charge in [-0.3, -0.25) is 9.89 Å². The molecule has 2 rings (SSSR count). The molecule has 0 saturated carbocycles. The largest absolute Gasteiger partial charge is 0.385 e. The Labute approximate surface area is 176 Å². The third-order valence-corrected chi connectivity index (χ3v) is 4.78. The molecule has 0 bridgehead atoms. The standard InChI is InChI=1S/C20H34N4O.HI/c1-17-8-11-24(12-9-17)16-19-7-4-6-18(14-19)15-23-20(21-2)22-10-5-13-25-3;/h4,6-7,14,17H,5,8-13,15-16H2,1-3H3,(H2,21,22,23);1H. The highest BCUT2D eigenvalue weighted by Crippen LogP contribution is 2.18. The van der Waals surface area contributed by atoms with Crippen LogP contribution in [0, 0.1) is 5.92 Å². The second kappa shape index (κ2) is 13.3. The first-order chi connectivity index (χ1) is 12.2. The summed E-state index contributed by atoms with van der Waals surface area (Å²) in [5, 5.41) is 6.69. The smallest absolute Gasteiger partial charge is 0.191 e. The number of nitrogens with one attached hydrogen (secondary N) is 2. The lowest BCUT2D eigenvalue weighted by molar-refractivity contribution is 0.185. The number of ether oxygens (including phenoxy) is 1. The Balaban J connectivity index is 0.00000338. The number of halogens is 1. The highest BCUT2D eigenvalue weighted by atomic mass is 127. The van der Waals surface area contributed by atoms with Crippen LogP contribution < -0.4 is 10.6 Å². The fourth-order valence-corrected chi connectivity index (χ4v) is 3.15. The molecule has 0 spiro atoms.